The van der Waals surface area contributed by atoms with Crippen LogP contribution in [-0.4, -0.2) is 22.8 Å². The third-order valence-electron chi connectivity index (χ3n) is 3.44. The smallest absolute Gasteiger partial charge is 0.408 e. The van der Waals surface area contributed by atoms with Crippen LogP contribution in [0.4, 0.5) is 4.79 Å². The van der Waals surface area contributed by atoms with E-state index in [4.69, 9.17) is 4.74 Å². The maximum atomic E-state index is 12.0. The highest BCUT2D eigenvalue weighted by Gasteiger charge is 2.18. The highest BCUT2D eigenvalue weighted by Crippen LogP contribution is 2.13. The average Bonchev–Trinajstić information content (AvgIpc) is 2.47. The zero-order chi connectivity index (χ0) is 18.0. The third kappa shape index (κ3) is 9.23. The first-order valence-electron chi connectivity index (χ1n) is 8.74. The molecule has 0 saturated heterocycles. The van der Waals surface area contributed by atoms with E-state index in [1.807, 2.05) is 39.0 Å². The van der Waals surface area contributed by atoms with E-state index in [1.54, 1.807) is 12.1 Å². The molecule has 134 valence electrons. The Morgan fingerprint density at radius 2 is 1.92 bits per heavy atom. The van der Waals surface area contributed by atoms with Gasteiger partial charge in [-0.3, -0.25) is 0 Å². The Labute approximate surface area is 145 Å². The van der Waals surface area contributed by atoms with Crippen molar-refractivity contribution in [1.29, 1.82) is 0 Å². The predicted octanol–water partition coefficient (Wildman–Crippen LogP) is 4.96. The second-order valence-corrected chi connectivity index (χ2v) is 7.05. The first-order valence-corrected chi connectivity index (χ1v) is 8.74. The molecule has 0 aliphatic heterocycles. The summed E-state index contributed by atoms with van der Waals surface area (Å²) in [4.78, 5) is 12.0. The first-order chi connectivity index (χ1) is 11.3. The maximum absolute atomic E-state index is 12.0. The second-order valence-electron chi connectivity index (χ2n) is 7.05. The molecule has 0 spiro atoms. The van der Waals surface area contributed by atoms with Gasteiger partial charge < -0.3 is 15.2 Å². The number of phenolic OH excluding ortho intramolecular Hbond substituents is 1. The quantitative estimate of drug-likeness (QED) is 0.522. The lowest BCUT2D eigenvalue weighted by Gasteiger charge is -2.22. The number of rotatable bonds is 8. The number of phenols is 1. The van der Waals surface area contributed by atoms with Gasteiger partial charge in [-0.2, -0.15) is 0 Å². The molecule has 0 saturated carbocycles. The minimum absolute atomic E-state index is 0.133. The summed E-state index contributed by atoms with van der Waals surface area (Å²) in [5.74, 6) is 0.241. The van der Waals surface area contributed by atoms with Crippen molar-refractivity contribution in [3.63, 3.8) is 0 Å². The van der Waals surface area contributed by atoms with E-state index in [2.05, 4.69) is 18.3 Å². The van der Waals surface area contributed by atoms with Crippen LogP contribution in [0.1, 0.15) is 58.9 Å². The molecule has 0 aliphatic rings. The molecule has 0 aliphatic carbocycles. The number of carbonyl (C=O) groups excluding carboxylic acids is 1. The van der Waals surface area contributed by atoms with E-state index < -0.39 is 11.7 Å². The molecule has 0 bridgehead atoms. The minimum atomic E-state index is -0.516. The van der Waals surface area contributed by atoms with Gasteiger partial charge in [0, 0.05) is 0 Å². The number of unbranched alkanes of at least 4 members (excludes halogenated alkanes) is 3. The highest BCUT2D eigenvalue weighted by atomic mass is 16.6. The topological polar surface area (TPSA) is 58.6 Å². The number of benzene rings is 1. The van der Waals surface area contributed by atoms with Gasteiger partial charge in [-0.25, -0.2) is 4.79 Å². The van der Waals surface area contributed by atoms with Crippen LogP contribution < -0.4 is 5.32 Å². The summed E-state index contributed by atoms with van der Waals surface area (Å²) in [6.07, 6.45) is 8.98. The molecule has 2 N–H and O–H groups in total. The van der Waals surface area contributed by atoms with Gasteiger partial charge >= 0.3 is 6.09 Å². The van der Waals surface area contributed by atoms with Gasteiger partial charge in [-0.1, -0.05) is 44.1 Å². The Morgan fingerprint density at radius 1 is 1.25 bits per heavy atom. The SMILES string of the molecule is CCCCC/C=C\C(Cc1ccc(O)cc1)NC(=O)OC(C)(C)C. The summed E-state index contributed by atoms with van der Waals surface area (Å²) in [6, 6.07) is 6.91. The molecular formula is C20H31NO3. The maximum Gasteiger partial charge on any atom is 0.408 e. The van der Waals surface area contributed by atoms with Crippen molar-refractivity contribution in [3.05, 3.63) is 42.0 Å². The van der Waals surface area contributed by atoms with Crippen molar-refractivity contribution < 1.29 is 14.6 Å². The molecule has 1 atom stereocenters. The van der Waals surface area contributed by atoms with Crippen LogP contribution in [0.15, 0.2) is 36.4 Å². The van der Waals surface area contributed by atoms with Gasteiger partial charge in [-0.15, -0.1) is 0 Å². The van der Waals surface area contributed by atoms with E-state index >= 15 is 0 Å². The van der Waals surface area contributed by atoms with Crippen LogP contribution in [0.2, 0.25) is 0 Å². The van der Waals surface area contributed by atoms with E-state index in [-0.39, 0.29) is 11.8 Å². The van der Waals surface area contributed by atoms with Crippen molar-refractivity contribution >= 4 is 6.09 Å². The molecule has 0 fully saturated rings. The Hall–Kier alpha value is -1.97. The molecule has 4 nitrogen and oxygen atoms in total. The zero-order valence-electron chi connectivity index (χ0n) is 15.3. The molecular weight excluding hydrogens is 302 g/mol. The lowest BCUT2D eigenvalue weighted by Crippen LogP contribution is -2.39. The monoisotopic (exact) mass is 333 g/mol. The number of carbonyl (C=O) groups is 1. The molecule has 1 amide bonds. The average molecular weight is 333 g/mol. The van der Waals surface area contributed by atoms with Crippen molar-refractivity contribution in [2.24, 2.45) is 0 Å². The largest absolute Gasteiger partial charge is 0.508 e. The third-order valence-corrected chi connectivity index (χ3v) is 3.44. The summed E-state index contributed by atoms with van der Waals surface area (Å²) in [7, 11) is 0. The van der Waals surface area contributed by atoms with E-state index in [0.29, 0.717) is 6.42 Å². The number of aromatic hydroxyl groups is 1. The van der Waals surface area contributed by atoms with Crippen LogP contribution in [0.3, 0.4) is 0 Å². The fourth-order valence-electron chi connectivity index (χ4n) is 2.28. The Morgan fingerprint density at radius 3 is 2.50 bits per heavy atom. The summed E-state index contributed by atoms with van der Waals surface area (Å²) < 4.78 is 5.35. The molecule has 0 radical (unpaired) electrons. The van der Waals surface area contributed by atoms with Crippen LogP contribution in [0.5, 0.6) is 5.75 Å². The van der Waals surface area contributed by atoms with Gasteiger partial charge in [-0.05, 0) is 57.7 Å². The number of ether oxygens (including phenoxy) is 1. The number of allylic oxidation sites excluding steroid dienone is 1. The lowest BCUT2D eigenvalue weighted by molar-refractivity contribution is 0.0514. The lowest BCUT2D eigenvalue weighted by atomic mass is 10.0. The zero-order valence-corrected chi connectivity index (χ0v) is 15.3. The van der Waals surface area contributed by atoms with Gasteiger partial charge in [0.15, 0.2) is 0 Å². The summed E-state index contributed by atoms with van der Waals surface area (Å²) in [5, 5.41) is 12.3. The fourth-order valence-corrected chi connectivity index (χ4v) is 2.28. The van der Waals surface area contributed by atoms with E-state index in [1.165, 1.54) is 12.8 Å². The fraction of sp³-hybridized carbons (Fsp3) is 0.550. The van der Waals surface area contributed by atoms with Crippen molar-refractivity contribution in [1.82, 2.24) is 5.32 Å². The first kappa shape index (κ1) is 20.1. The number of hydrogen-bond acceptors (Lipinski definition) is 3. The second kappa shape index (κ2) is 10.0. The Bertz CT molecular complexity index is 515. The van der Waals surface area contributed by atoms with Crippen LogP contribution in [-0.2, 0) is 11.2 Å². The standard InChI is InChI=1S/C20H31NO3/c1-5-6-7-8-9-10-17(21-19(23)24-20(2,3)4)15-16-11-13-18(22)14-12-16/h9-14,17,22H,5-8,15H2,1-4H3,(H,21,23)/b10-9-. The summed E-state index contributed by atoms with van der Waals surface area (Å²) in [5.41, 5.74) is 0.532. The van der Waals surface area contributed by atoms with Gasteiger partial charge in [0.05, 0.1) is 6.04 Å². The molecule has 24 heavy (non-hydrogen) atoms. The molecule has 1 unspecified atom stereocenters. The number of alkyl carbamates (subject to hydrolysis) is 1. The Balaban J connectivity index is 2.67. The normalized spacial score (nSPS) is 13.0. The van der Waals surface area contributed by atoms with Gasteiger partial charge in [0.1, 0.15) is 11.4 Å². The van der Waals surface area contributed by atoms with E-state index in [0.717, 1.165) is 18.4 Å². The molecule has 4 heteroatoms. The highest BCUT2D eigenvalue weighted by molar-refractivity contribution is 5.68. The number of hydrogen-bond donors (Lipinski definition) is 2. The molecule has 1 aromatic carbocycles. The van der Waals surface area contributed by atoms with E-state index in [9.17, 15) is 9.90 Å². The molecule has 1 rings (SSSR count). The molecule has 0 heterocycles. The molecule has 0 aromatic heterocycles. The van der Waals surface area contributed by atoms with Gasteiger partial charge in [0.25, 0.3) is 0 Å². The van der Waals surface area contributed by atoms with Crippen LogP contribution in [0, 0.1) is 0 Å². The minimum Gasteiger partial charge on any atom is -0.508 e. The summed E-state index contributed by atoms with van der Waals surface area (Å²) in [6.45, 7) is 7.73. The van der Waals surface area contributed by atoms with Crippen LogP contribution >= 0.6 is 0 Å². The summed E-state index contributed by atoms with van der Waals surface area (Å²) >= 11 is 0. The molecule has 1 aromatic rings. The number of amides is 1. The van der Waals surface area contributed by atoms with Crippen LogP contribution in [0.25, 0.3) is 0 Å². The van der Waals surface area contributed by atoms with Crippen molar-refractivity contribution in [2.75, 3.05) is 0 Å². The van der Waals surface area contributed by atoms with Gasteiger partial charge in [0.2, 0.25) is 0 Å². The van der Waals surface area contributed by atoms with Crippen molar-refractivity contribution in [3.8, 4) is 5.75 Å². The number of nitrogens with one attached hydrogen (secondary N) is 1. The predicted molar refractivity (Wildman–Crippen MR) is 98.3 cm³/mol. The Kier molecular flexibility index (Phi) is 8.37. The van der Waals surface area contributed by atoms with Crippen molar-refractivity contribution in [2.45, 2.75) is 71.4 Å².